The van der Waals surface area contributed by atoms with Crippen molar-refractivity contribution in [2.45, 2.75) is 13.0 Å². The molecule has 0 aliphatic rings. The molecule has 0 radical (unpaired) electrons. The maximum atomic E-state index is 11.9. The summed E-state index contributed by atoms with van der Waals surface area (Å²) in [5.74, 6) is 0.0866. The lowest BCUT2D eigenvalue weighted by Crippen LogP contribution is -2.28. The number of benzene rings is 2. The molecule has 0 bridgehead atoms. The number of nitro benzene ring substituents is 1. The molecule has 114 valence electrons. The molecule has 7 heteroatoms. The summed E-state index contributed by atoms with van der Waals surface area (Å²) in [4.78, 5) is 21.9. The van der Waals surface area contributed by atoms with Crippen molar-refractivity contribution in [1.29, 1.82) is 0 Å². The lowest BCUT2D eigenvalue weighted by atomic mass is 10.3. The monoisotopic (exact) mass is 321 g/mol. The van der Waals surface area contributed by atoms with Crippen LogP contribution in [-0.2, 0) is 4.79 Å². The maximum absolute atomic E-state index is 11.9. The van der Waals surface area contributed by atoms with E-state index in [1.54, 1.807) is 31.2 Å². The molecule has 6 nitrogen and oxygen atoms in total. The highest BCUT2D eigenvalue weighted by atomic mass is 35.5. The van der Waals surface area contributed by atoms with E-state index in [0.717, 1.165) is 0 Å². The fraction of sp³-hybridized carbons (Fsp3) is 0.133. The highest BCUT2D eigenvalue weighted by molar-refractivity contribution is 6.30. The van der Waals surface area contributed by atoms with Gasteiger partial charge >= 0.3 is 5.97 Å². The van der Waals surface area contributed by atoms with Gasteiger partial charge in [0, 0.05) is 17.2 Å². The Kier molecular flexibility index (Phi) is 4.95. The van der Waals surface area contributed by atoms with Crippen LogP contribution in [0.15, 0.2) is 48.5 Å². The van der Waals surface area contributed by atoms with Crippen LogP contribution in [0, 0.1) is 10.1 Å². The Balaban J connectivity index is 1.95. The van der Waals surface area contributed by atoms with Gasteiger partial charge in [-0.25, -0.2) is 4.79 Å². The van der Waals surface area contributed by atoms with Crippen molar-refractivity contribution in [3.63, 3.8) is 0 Å². The second kappa shape index (κ2) is 6.91. The molecule has 0 heterocycles. The molecule has 2 rings (SSSR count). The summed E-state index contributed by atoms with van der Waals surface area (Å²) < 4.78 is 10.5. The highest BCUT2D eigenvalue weighted by Gasteiger charge is 2.17. The molecular weight excluding hydrogens is 310 g/mol. The minimum atomic E-state index is -0.837. The van der Waals surface area contributed by atoms with Crippen LogP contribution < -0.4 is 9.47 Å². The van der Waals surface area contributed by atoms with Crippen molar-refractivity contribution >= 4 is 23.3 Å². The van der Waals surface area contributed by atoms with E-state index in [2.05, 4.69) is 0 Å². The van der Waals surface area contributed by atoms with Crippen LogP contribution in [0.2, 0.25) is 5.02 Å². The first-order valence-electron chi connectivity index (χ1n) is 6.34. The summed E-state index contributed by atoms with van der Waals surface area (Å²) in [7, 11) is 0. The summed E-state index contributed by atoms with van der Waals surface area (Å²) in [5.41, 5.74) is -0.0785. The molecule has 0 saturated heterocycles. The number of halogens is 1. The van der Waals surface area contributed by atoms with Gasteiger partial charge in [-0.05, 0) is 43.3 Å². The molecule has 0 aliphatic carbocycles. The van der Waals surface area contributed by atoms with Crippen LogP contribution in [0.1, 0.15) is 6.92 Å². The Morgan fingerprint density at radius 2 is 1.64 bits per heavy atom. The lowest BCUT2D eigenvalue weighted by Gasteiger charge is -2.13. The molecular formula is C15H12ClNO5. The highest BCUT2D eigenvalue weighted by Crippen LogP contribution is 2.19. The van der Waals surface area contributed by atoms with Gasteiger partial charge in [0.25, 0.3) is 5.69 Å². The third-order valence-electron chi connectivity index (χ3n) is 2.72. The lowest BCUT2D eigenvalue weighted by molar-refractivity contribution is -0.384. The van der Waals surface area contributed by atoms with E-state index >= 15 is 0 Å². The summed E-state index contributed by atoms with van der Waals surface area (Å²) in [6.07, 6.45) is -0.837. The fourth-order valence-electron chi connectivity index (χ4n) is 1.60. The van der Waals surface area contributed by atoms with E-state index in [1.165, 1.54) is 24.3 Å². The number of carbonyl (C=O) groups excluding carboxylic acids is 1. The van der Waals surface area contributed by atoms with E-state index in [9.17, 15) is 14.9 Å². The predicted octanol–water partition coefficient (Wildman–Crippen LogP) is 3.62. The largest absolute Gasteiger partial charge is 0.479 e. The van der Waals surface area contributed by atoms with E-state index in [1.807, 2.05) is 0 Å². The molecule has 2 aromatic rings. The topological polar surface area (TPSA) is 78.7 Å². The van der Waals surface area contributed by atoms with Crippen molar-refractivity contribution in [3.8, 4) is 11.5 Å². The van der Waals surface area contributed by atoms with Crippen LogP contribution in [0.4, 0.5) is 5.69 Å². The first-order chi connectivity index (χ1) is 10.5. The second-order valence-electron chi connectivity index (χ2n) is 4.39. The number of nitrogens with zero attached hydrogens (tertiary/aromatic N) is 1. The number of non-ortho nitro benzene ring substituents is 1. The van der Waals surface area contributed by atoms with Crippen molar-refractivity contribution in [2.24, 2.45) is 0 Å². The molecule has 0 saturated carbocycles. The number of nitro groups is 1. The van der Waals surface area contributed by atoms with Crippen molar-refractivity contribution in [3.05, 3.63) is 63.7 Å². The Hall–Kier alpha value is -2.60. The Labute approximate surface area is 131 Å². The standard InChI is InChI=1S/C15H12ClNO5/c1-10(21-13-6-2-11(16)3-7-13)15(18)22-14-8-4-12(5-9-14)17(19)20/h2-10H,1H3/t10-/m0/s1. The number of hydrogen-bond donors (Lipinski definition) is 0. The molecule has 2 aromatic carbocycles. The van der Waals surface area contributed by atoms with Gasteiger partial charge in [-0.3, -0.25) is 10.1 Å². The molecule has 0 unspecified atom stereocenters. The maximum Gasteiger partial charge on any atom is 0.352 e. The van der Waals surface area contributed by atoms with Gasteiger partial charge < -0.3 is 9.47 Å². The first-order valence-corrected chi connectivity index (χ1v) is 6.72. The third kappa shape index (κ3) is 4.20. The van der Waals surface area contributed by atoms with Crippen molar-refractivity contribution in [2.75, 3.05) is 0 Å². The molecule has 0 spiro atoms. The number of rotatable bonds is 5. The summed E-state index contributed by atoms with van der Waals surface area (Å²) >= 11 is 5.76. The van der Waals surface area contributed by atoms with Gasteiger partial charge in [0.05, 0.1) is 4.92 Å². The summed E-state index contributed by atoms with van der Waals surface area (Å²) in [5, 5.41) is 11.1. The Morgan fingerprint density at radius 1 is 1.09 bits per heavy atom. The summed E-state index contributed by atoms with van der Waals surface area (Å²) in [6.45, 7) is 1.54. The van der Waals surface area contributed by atoms with Crippen LogP contribution in [0.3, 0.4) is 0 Å². The Morgan fingerprint density at radius 3 is 2.18 bits per heavy atom. The molecule has 22 heavy (non-hydrogen) atoms. The third-order valence-corrected chi connectivity index (χ3v) is 2.98. The van der Waals surface area contributed by atoms with Crippen molar-refractivity contribution < 1.29 is 19.2 Å². The predicted molar refractivity (Wildman–Crippen MR) is 80.3 cm³/mol. The van der Waals surface area contributed by atoms with Crippen LogP contribution in [-0.4, -0.2) is 17.0 Å². The van der Waals surface area contributed by atoms with Gasteiger partial charge in [-0.15, -0.1) is 0 Å². The van der Waals surface area contributed by atoms with Crippen LogP contribution in [0.25, 0.3) is 0 Å². The van der Waals surface area contributed by atoms with Gasteiger partial charge in [-0.2, -0.15) is 0 Å². The van der Waals surface area contributed by atoms with Gasteiger partial charge in [0.2, 0.25) is 0 Å². The molecule has 0 fully saturated rings. The SMILES string of the molecule is C[C@H](Oc1ccc(Cl)cc1)C(=O)Oc1ccc([N+](=O)[O-])cc1. The zero-order chi connectivity index (χ0) is 16.1. The number of ether oxygens (including phenoxy) is 2. The zero-order valence-corrected chi connectivity index (χ0v) is 12.3. The van der Waals surface area contributed by atoms with E-state index in [4.69, 9.17) is 21.1 Å². The Bertz CT molecular complexity index is 669. The van der Waals surface area contributed by atoms with Crippen molar-refractivity contribution in [1.82, 2.24) is 0 Å². The van der Waals surface area contributed by atoms with Gasteiger partial charge in [0.15, 0.2) is 6.10 Å². The molecule has 1 atom stereocenters. The fourth-order valence-corrected chi connectivity index (χ4v) is 1.73. The molecule has 0 aromatic heterocycles. The minimum Gasteiger partial charge on any atom is -0.479 e. The van der Waals surface area contributed by atoms with E-state index in [0.29, 0.717) is 10.8 Å². The normalized spacial score (nSPS) is 11.5. The van der Waals surface area contributed by atoms with E-state index < -0.39 is 17.0 Å². The minimum absolute atomic E-state index is 0.0785. The van der Waals surface area contributed by atoms with Gasteiger partial charge in [-0.1, -0.05) is 11.6 Å². The molecule has 0 N–H and O–H groups in total. The smallest absolute Gasteiger partial charge is 0.352 e. The van der Waals surface area contributed by atoms with E-state index in [-0.39, 0.29) is 11.4 Å². The second-order valence-corrected chi connectivity index (χ2v) is 4.82. The molecule has 0 amide bonds. The number of carbonyl (C=O) groups is 1. The van der Waals surface area contributed by atoms with Crippen LogP contribution >= 0.6 is 11.6 Å². The van der Waals surface area contributed by atoms with Crippen LogP contribution in [0.5, 0.6) is 11.5 Å². The molecule has 0 aliphatic heterocycles. The number of hydrogen-bond acceptors (Lipinski definition) is 5. The average molecular weight is 322 g/mol. The number of esters is 1. The zero-order valence-electron chi connectivity index (χ0n) is 11.6. The first kappa shape index (κ1) is 15.8. The summed E-state index contributed by atoms with van der Waals surface area (Å²) in [6, 6.07) is 11.8. The average Bonchev–Trinajstić information content (AvgIpc) is 2.50. The van der Waals surface area contributed by atoms with Gasteiger partial charge in [0.1, 0.15) is 11.5 Å². The quantitative estimate of drug-likeness (QED) is 0.364.